The Morgan fingerprint density at radius 2 is 1.36 bits per heavy atom. The molecule has 0 fully saturated rings. The summed E-state index contributed by atoms with van der Waals surface area (Å²) in [4.78, 5) is 34.3. The Morgan fingerprint density at radius 1 is 0.840 bits per heavy atom. The maximum atomic E-state index is 11.9. The van der Waals surface area contributed by atoms with Crippen LogP contribution in [0, 0.1) is 0 Å². The molecule has 5 nitrogen and oxygen atoms in total. The summed E-state index contributed by atoms with van der Waals surface area (Å²) in [6, 6.07) is 13.7. The molecule has 0 saturated carbocycles. The number of anilines is 1. The Labute approximate surface area is 147 Å². The second-order valence-corrected chi connectivity index (χ2v) is 5.71. The van der Waals surface area contributed by atoms with Crippen molar-refractivity contribution in [2.75, 3.05) is 11.9 Å². The molecular weight excluding hydrogens is 318 g/mol. The summed E-state index contributed by atoms with van der Waals surface area (Å²) < 4.78 is 5.55. The fraction of sp³-hybridized carbons (Fsp3) is 0.250. The van der Waals surface area contributed by atoms with E-state index in [1.807, 2.05) is 0 Å². The summed E-state index contributed by atoms with van der Waals surface area (Å²) in [6.45, 7) is 3.43. The summed E-state index contributed by atoms with van der Waals surface area (Å²) in [7, 11) is 0. The third-order valence-corrected chi connectivity index (χ3v) is 3.65. The fourth-order valence-corrected chi connectivity index (χ4v) is 2.22. The fourth-order valence-electron chi connectivity index (χ4n) is 2.22. The summed E-state index contributed by atoms with van der Waals surface area (Å²) in [5.41, 5.74) is 1.92. The molecular formula is C20H21NO4. The number of hydrogen-bond donors (Lipinski definition) is 1. The number of carbonyl (C=O) groups excluding carboxylic acids is 3. The van der Waals surface area contributed by atoms with Gasteiger partial charge in [-0.15, -0.1) is 0 Å². The zero-order valence-corrected chi connectivity index (χ0v) is 14.4. The number of hydrogen-bond acceptors (Lipinski definition) is 4. The molecule has 0 aliphatic carbocycles. The highest BCUT2D eigenvalue weighted by Gasteiger charge is 2.05. The van der Waals surface area contributed by atoms with Crippen LogP contribution < -0.4 is 10.1 Å². The van der Waals surface area contributed by atoms with Gasteiger partial charge in [-0.1, -0.05) is 0 Å². The van der Waals surface area contributed by atoms with E-state index in [0.717, 1.165) is 0 Å². The number of amides is 1. The minimum Gasteiger partial charge on any atom is -0.494 e. The van der Waals surface area contributed by atoms with Crippen LogP contribution in [0.25, 0.3) is 0 Å². The van der Waals surface area contributed by atoms with Crippen LogP contribution in [0.3, 0.4) is 0 Å². The van der Waals surface area contributed by atoms with Gasteiger partial charge in [0.2, 0.25) is 5.91 Å². The molecule has 0 atom stereocenters. The second-order valence-electron chi connectivity index (χ2n) is 5.71. The summed E-state index contributed by atoms with van der Waals surface area (Å²) >= 11 is 0. The van der Waals surface area contributed by atoms with E-state index in [1.54, 1.807) is 48.5 Å². The van der Waals surface area contributed by atoms with E-state index in [2.05, 4.69) is 5.32 Å². The quantitative estimate of drug-likeness (QED) is 0.585. The second kappa shape index (κ2) is 8.78. The molecule has 1 N–H and O–H groups in total. The van der Waals surface area contributed by atoms with Gasteiger partial charge >= 0.3 is 0 Å². The minimum absolute atomic E-state index is 0.00800. The van der Waals surface area contributed by atoms with Crippen molar-refractivity contribution >= 4 is 23.2 Å². The SMILES string of the molecule is CC(=O)c1ccc(NC(=O)CCCOc2ccc(C(C)=O)cc2)cc1. The highest BCUT2D eigenvalue weighted by Crippen LogP contribution is 2.14. The van der Waals surface area contributed by atoms with E-state index in [9.17, 15) is 14.4 Å². The zero-order chi connectivity index (χ0) is 18.2. The van der Waals surface area contributed by atoms with Gasteiger partial charge in [-0.3, -0.25) is 14.4 Å². The first-order valence-electron chi connectivity index (χ1n) is 8.10. The average Bonchev–Trinajstić information content (AvgIpc) is 2.59. The molecule has 0 aromatic heterocycles. The van der Waals surface area contributed by atoms with Gasteiger partial charge in [-0.05, 0) is 68.8 Å². The van der Waals surface area contributed by atoms with Crippen molar-refractivity contribution < 1.29 is 19.1 Å². The molecule has 1 amide bonds. The molecule has 0 unspecified atom stereocenters. The number of rotatable bonds is 8. The molecule has 130 valence electrons. The van der Waals surface area contributed by atoms with Gasteiger partial charge in [-0.25, -0.2) is 0 Å². The van der Waals surface area contributed by atoms with Crippen molar-refractivity contribution in [2.45, 2.75) is 26.7 Å². The first-order valence-corrected chi connectivity index (χ1v) is 8.10. The van der Waals surface area contributed by atoms with Gasteiger partial charge in [-0.2, -0.15) is 0 Å². The maximum Gasteiger partial charge on any atom is 0.224 e. The number of Topliss-reactive ketones (excluding diaryl/α,β-unsaturated/α-hetero) is 2. The predicted octanol–water partition coefficient (Wildman–Crippen LogP) is 3.89. The van der Waals surface area contributed by atoms with Gasteiger partial charge in [0.05, 0.1) is 6.61 Å². The number of ether oxygens (including phenoxy) is 1. The van der Waals surface area contributed by atoms with Crippen molar-refractivity contribution in [3.63, 3.8) is 0 Å². The minimum atomic E-state index is -0.105. The lowest BCUT2D eigenvalue weighted by Crippen LogP contribution is -2.13. The molecule has 0 radical (unpaired) electrons. The predicted molar refractivity (Wildman–Crippen MR) is 96.3 cm³/mol. The smallest absolute Gasteiger partial charge is 0.224 e. The molecule has 0 heterocycles. The molecule has 0 saturated heterocycles. The molecule has 2 aromatic carbocycles. The lowest BCUT2D eigenvalue weighted by Gasteiger charge is -2.08. The molecule has 0 bridgehead atoms. The molecule has 0 spiro atoms. The summed E-state index contributed by atoms with van der Waals surface area (Å²) in [5, 5.41) is 2.78. The van der Waals surface area contributed by atoms with E-state index in [1.165, 1.54) is 13.8 Å². The molecule has 2 aromatic rings. The third-order valence-electron chi connectivity index (χ3n) is 3.65. The molecule has 0 aliphatic heterocycles. The lowest BCUT2D eigenvalue weighted by molar-refractivity contribution is -0.116. The first kappa shape index (κ1) is 18.4. The number of nitrogens with one attached hydrogen (secondary N) is 1. The topological polar surface area (TPSA) is 72.5 Å². The van der Waals surface area contributed by atoms with Crippen LogP contribution in [0.5, 0.6) is 5.75 Å². The summed E-state index contributed by atoms with van der Waals surface area (Å²) in [6.07, 6.45) is 0.909. The standard InChI is InChI=1S/C20H21NO4/c1-14(22)16-5-9-18(10-6-16)21-20(24)4-3-13-25-19-11-7-17(8-12-19)15(2)23/h5-12H,3-4,13H2,1-2H3,(H,21,24). The Morgan fingerprint density at radius 3 is 1.88 bits per heavy atom. The third kappa shape index (κ3) is 5.88. The first-order chi connectivity index (χ1) is 12.0. The number of carbonyl (C=O) groups is 3. The van der Waals surface area contributed by atoms with Crippen LogP contribution in [-0.2, 0) is 4.79 Å². The Kier molecular flexibility index (Phi) is 6.46. The van der Waals surface area contributed by atoms with E-state index in [-0.39, 0.29) is 17.5 Å². The highest BCUT2D eigenvalue weighted by molar-refractivity contribution is 5.95. The monoisotopic (exact) mass is 339 g/mol. The number of ketones is 2. The normalized spacial score (nSPS) is 10.2. The zero-order valence-electron chi connectivity index (χ0n) is 14.4. The van der Waals surface area contributed by atoms with Crippen molar-refractivity contribution in [2.24, 2.45) is 0 Å². The molecule has 5 heteroatoms. The van der Waals surface area contributed by atoms with Gasteiger partial charge in [0.25, 0.3) is 0 Å². The Balaban J connectivity index is 1.71. The Bertz CT molecular complexity index is 748. The van der Waals surface area contributed by atoms with E-state index in [4.69, 9.17) is 4.74 Å². The van der Waals surface area contributed by atoms with Crippen LogP contribution in [0.4, 0.5) is 5.69 Å². The van der Waals surface area contributed by atoms with Crippen LogP contribution >= 0.6 is 0 Å². The average molecular weight is 339 g/mol. The van der Waals surface area contributed by atoms with Crippen LogP contribution in [0.1, 0.15) is 47.4 Å². The highest BCUT2D eigenvalue weighted by atomic mass is 16.5. The van der Waals surface area contributed by atoms with Gasteiger partial charge in [0.15, 0.2) is 11.6 Å². The molecule has 0 aliphatic rings. The Hall–Kier alpha value is -2.95. The summed E-state index contributed by atoms with van der Waals surface area (Å²) in [5.74, 6) is 0.572. The maximum absolute atomic E-state index is 11.9. The van der Waals surface area contributed by atoms with Gasteiger partial charge in [0, 0.05) is 23.2 Å². The van der Waals surface area contributed by atoms with Crippen molar-refractivity contribution in [3.8, 4) is 5.75 Å². The van der Waals surface area contributed by atoms with Crippen LogP contribution in [-0.4, -0.2) is 24.1 Å². The van der Waals surface area contributed by atoms with Crippen LogP contribution in [0.15, 0.2) is 48.5 Å². The largest absolute Gasteiger partial charge is 0.494 e. The molecule has 25 heavy (non-hydrogen) atoms. The van der Waals surface area contributed by atoms with Crippen molar-refractivity contribution in [1.29, 1.82) is 0 Å². The molecule has 2 rings (SSSR count). The van der Waals surface area contributed by atoms with Gasteiger partial charge < -0.3 is 10.1 Å². The lowest BCUT2D eigenvalue weighted by atomic mass is 10.1. The van der Waals surface area contributed by atoms with Crippen molar-refractivity contribution in [1.82, 2.24) is 0 Å². The van der Waals surface area contributed by atoms with Crippen molar-refractivity contribution in [3.05, 3.63) is 59.7 Å². The number of benzene rings is 2. The van der Waals surface area contributed by atoms with Gasteiger partial charge in [0.1, 0.15) is 5.75 Å². The van der Waals surface area contributed by atoms with E-state index >= 15 is 0 Å². The van der Waals surface area contributed by atoms with Crippen LogP contribution in [0.2, 0.25) is 0 Å². The van der Waals surface area contributed by atoms with E-state index < -0.39 is 0 Å². The van der Waals surface area contributed by atoms with E-state index in [0.29, 0.717) is 42.0 Å².